The molecule has 1 aromatic rings. The number of nitrogens with one attached hydrogen (secondary N) is 1. The molecule has 0 spiro atoms. The molecule has 0 bridgehead atoms. The first-order valence-electron chi connectivity index (χ1n) is 7.96. The van der Waals surface area contributed by atoms with Crippen molar-refractivity contribution in [3.8, 4) is 0 Å². The summed E-state index contributed by atoms with van der Waals surface area (Å²) in [7, 11) is 4.35. The number of anilines is 1. The average Bonchev–Trinajstić information content (AvgIpc) is 2.31. The summed E-state index contributed by atoms with van der Waals surface area (Å²) in [6, 6.07) is 4.27. The van der Waals surface area contributed by atoms with Crippen molar-refractivity contribution in [1.29, 1.82) is 0 Å². The molecule has 1 N–H and O–H groups in total. The molecule has 1 amide bonds. The first-order chi connectivity index (χ1) is 9.73. The Morgan fingerprint density at radius 3 is 2.05 bits per heavy atom. The van der Waals surface area contributed by atoms with E-state index in [1.54, 1.807) is 0 Å². The van der Waals surface area contributed by atoms with Crippen LogP contribution in [0.5, 0.6) is 0 Å². The minimum atomic E-state index is -0.251. The number of amides is 1. The number of benzene rings is 1. The molecule has 0 heterocycles. The molecule has 1 saturated carbocycles. The van der Waals surface area contributed by atoms with Crippen molar-refractivity contribution >= 4 is 11.6 Å². The van der Waals surface area contributed by atoms with Crippen LogP contribution in [0.25, 0.3) is 0 Å². The van der Waals surface area contributed by atoms with Gasteiger partial charge in [0.25, 0.3) is 5.91 Å². The number of carbonyl (C=O) groups excluding carboxylic acids is 1. The van der Waals surface area contributed by atoms with E-state index in [2.05, 4.69) is 59.2 Å². The predicted octanol–water partition coefficient (Wildman–Crippen LogP) is 3.57. The van der Waals surface area contributed by atoms with Gasteiger partial charge < -0.3 is 9.80 Å². The molecule has 1 aliphatic carbocycles. The van der Waals surface area contributed by atoms with Crippen molar-refractivity contribution < 1.29 is 42.0 Å². The van der Waals surface area contributed by atoms with Gasteiger partial charge in [-0.15, -0.1) is 0 Å². The van der Waals surface area contributed by atoms with Crippen LogP contribution in [-0.2, 0) is 37.5 Å². The topological polar surface area (TPSA) is 29.1 Å². The van der Waals surface area contributed by atoms with Gasteiger partial charge in [-0.2, -0.15) is 0 Å². The van der Waals surface area contributed by atoms with E-state index in [1.807, 2.05) is 0 Å². The third-order valence-corrected chi connectivity index (χ3v) is 5.47. The molecular formula is C18H29N2OY+. The van der Waals surface area contributed by atoms with E-state index in [9.17, 15) is 4.79 Å². The van der Waals surface area contributed by atoms with Crippen molar-refractivity contribution in [2.75, 3.05) is 26.0 Å². The van der Waals surface area contributed by atoms with Crippen LogP contribution < -0.4 is 5.32 Å². The van der Waals surface area contributed by atoms with E-state index in [0.29, 0.717) is 0 Å². The molecule has 3 nitrogen and oxygen atoms in total. The van der Waals surface area contributed by atoms with E-state index < -0.39 is 0 Å². The van der Waals surface area contributed by atoms with Crippen molar-refractivity contribution in [2.24, 2.45) is 0 Å². The molecule has 1 aromatic carbocycles. The Bertz CT molecular complexity index is 539. The number of hydrogen-bond donors (Lipinski definition) is 1. The fraction of sp³-hybridized carbons (Fsp3) is 0.611. The van der Waals surface area contributed by atoms with Crippen molar-refractivity contribution in [3.63, 3.8) is 0 Å². The fourth-order valence-corrected chi connectivity index (χ4v) is 3.53. The molecule has 0 atom stereocenters. The van der Waals surface area contributed by atoms with Gasteiger partial charge in [-0.25, -0.2) is 0 Å². The van der Waals surface area contributed by atoms with Crippen LogP contribution in [0.15, 0.2) is 12.1 Å². The summed E-state index contributed by atoms with van der Waals surface area (Å²) in [6.45, 7) is 9.37. The Morgan fingerprint density at radius 2 is 1.68 bits per heavy atom. The molecule has 119 valence electrons. The van der Waals surface area contributed by atoms with Crippen molar-refractivity contribution in [2.45, 2.75) is 52.5 Å². The van der Waals surface area contributed by atoms with Crippen LogP contribution in [0, 0.1) is 20.8 Å². The molecule has 1 fully saturated rings. The summed E-state index contributed by atoms with van der Waals surface area (Å²) in [5.41, 5.74) is 4.28. The Balaban J connectivity index is 0.00000242. The molecule has 0 unspecified atom stereocenters. The number of hydrogen-bond acceptors (Lipinski definition) is 1. The van der Waals surface area contributed by atoms with Crippen LogP contribution in [0.3, 0.4) is 0 Å². The summed E-state index contributed by atoms with van der Waals surface area (Å²) in [5, 5.41) is 3.23. The normalized spacial score (nSPS) is 16.5. The number of nitrogens with zero attached hydrogens (tertiary/aromatic N) is 1. The minimum Gasteiger partial charge on any atom is -0.320 e. The minimum absolute atomic E-state index is 0. The van der Waals surface area contributed by atoms with Gasteiger partial charge in [0.05, 0.1) is 20.6 Å². The van der Waals surface area contributed by atoms with E-state index >= 15 is 0 Å². The zero-order valence-corrected chi connectivity index (χ0v) is 17.8. The molecule has 4 heteroatoms. The maximum Gasteiger partial charge on any atom is 0.285 e. The van der Waals surface area contributed by atoms with Crippen LogP contribution in [-0.4, -0.2) is 36.6 Å². The Kier molecular flexibility index (Phi) is 6.40. The molecule has 1 aliphatic rings. The van der Waals surface area contributed by atoms with E-state index in [-0.39, 0.29) is 44.2 Å². The van der Waals surface area contributed by atoms with Crippen molar-refractivity contribution in [1.82, 2.24) is 0 Å². The number of carbonyl (C=O) groups is 1. The van der Waals surface area contributed by atoms with Crippen molar-refractivity contribution in [3.05, 3.63) is 28.8 Å². The van der Waals surface area contributed by atoms with Gasteiger partial charge in [-0.3, -0.25) is 4.79 Å². The molecule has 1 radical (unpaired) electrons. The van der Waals surface area contributed by atoms with Gasteiger partial charge in [0.1, 0.15) is 0 Å². The van der Waals surface area contributed by atoms with Crippen LogP contribution in [0.2, 0.25) is 0 Å². The monoisotopic (exact) mass is 378 g/mol. The van der Waals surface area contributed by atoms with Crippen LogP contribution in [0.4, 0.5) is 5.69 Å². The van der Waals surface area contributed by atoms with Gasteiger partial charge >= 0.3 is 0 Å². The maximum atomic E-state index is 13.0. The fourth-order valence-electron chi connectivity index (χ4n) is 3.53. The zero-order chi connectivity index (χ0) is 15.8. The zero-order valence-electron chi connectivity index (χ0n) is 14.9. The van der Waals surface area contributed by atoms with E-state index in [0.717, 1.165) is 47.1 Å². The van der Waals surface area contributed by atoms with E-state index in [4.69, 9.17) is 0 Å². The number of likely N-dealkylation sites (N-methyl/N-ethyl adjacent to an activating group) is 1. The van der Waals surface area contributed by atoms with Gasteiger partial charge in [0.15, 0.2) is 5.54 Å². The summed E-state index contributed by atoms with van der Waals surface area (Å²) in [5.74, 6) is 0.190. The first kappa shape index (κ1) is 19.8. The smallest absolute Gasteiger partial charge is 0.285 e. The van der Waals surface area contributed by atoms with Gasteiger partial charge in [0, 0.05) is 51.2 Å². The molecule has 2 rings (SSSR count). The Labute approximate surface area is 160 Å². The summed E-state index contributed by atoms with van der Waals surface area (Å²) < 4.78 is 0.767. The molecular weight excluding hydrogens is 349 g/mol. The molecule has 0 aromatic heterocycles. The van der Waals surface area contributed by atoms with Gasteiger partial charge in [-0.1, -0.05) is 17.7 Å². The van der Waals surface area contributed by atoms with Gasteiger partial charge in [-0.05, 0) is 45.2 Å². The SMILES string of the molecule is CC[N+](C)(C)C1(C(=O)Nc2c(C)cc(C)cc2C)CCC1.[Y]. The number of rotatable bonds is 4. The summed E-state index contributed by atoms with van der Waals surface area (Å²) in [4.78, 5) is 13.0. The number of aryl methyl sites for hydroxylation is 3. The second-order valence-electron chi connectivity index (χ2n) is 7.11. The first-order valence-corrected chi connectivity index (χ1v) is 7.96. The summed E-state index contributed by atoms with van der Waals surface area (Å²) in [6.07, 6.45) is 3.13. The Morgan fingerprint density at radius 1 is 1.18 bits per heavy atom. The van der Waals surface area contributed by atoms with Crippen LogP contribution in [0.1, 0.15) is 42.9 Å². The predicted molar refractivity (Wildman–Crippen MR) is 88.5 cm³/mol. The van der Waals surface area contributed by atoms with Gasteiger partial charge in [0.2, 0.25) is 0 Å². The standard InChI is InChI=1S/C18H28N2O.Y/c1-7-20(5,6)18(9-8-10-18)17(21)19-16-14(3)11-13(2)12-15(16)4;/h11-12H,7-10H2,1-6H3;/p+1. The third kappa shape index (κ3) is 3.32. The average molecular weight is 378 g/mol. The third-order valence-electron chi connectivity index (χ3n) is 5.47. The van der Waals surface area contributed by atoms with E-state index in [1.165, 1.54) is 5.56 Å². The number of quaternary nitrogens is 1. The summed E-state index contributed by atoms with van der Waals surface area (Å²) >= 11 is 0. The quantitative estimate of drug-likeness (QED) is 0.798. The molecule has 0 saturated heterocycles. The largest absolute Gasteiger partial charge is 0.320 e. The molecule has 0 aliphatic heterocycles. The molecule has 22 heavy (non-hydrogen) atoms. The second kappa shape index (κ2) is 7.11. The Hall–Kier alpha value is -0.246. The second-order valence-corrected chi connectivity index (χ2v) is 7.11. The van der Waals surface area contributed by atoms with Crippen LogP contribution >= 0.6 is 0 Å². The maximum absolute atomic E-state index is 13.0.